The minimum Gasteiger partial charge on any atom is -0.395 e. The molecule has 3 aromatic rings. The fourth-order valence-corrected chi connectivity index (χ4v) is 5.79. The van der Waals surface area contributed by atoms with Gasteiger partial charge in [-0.1, -0.05) is 50.2 Å². The Kier molecular flexibility index (Phi) is 6.96. The van der Waals surface area contributed by atoms with Crippen molar-refractivity contribution < 1.29 is 14.7 Å². The maximum Gasteiger partial charge on any atom is 0.230 e. The third-order valence-corrected chi connectivity index (χ3v) is 7.97. The molecule has 2 fully saturated rings. The standard InChI is InChI=1S/C28H37N5O3/c1-19(2)20-4-6-23(7-5-20)28(35,27(3)17-33(18-27)12-13-34)24-14-22(15-30-16-24)25-31-26(36-32-25)21-8-10-29-11-9-21/h4-7,14-16,19,21,29,34-35H,8-13,17-18H2,1-3H3/t28-/m0/s1. The molecule has 2 aliphatic heterocycles. The lowest BCUT2D eigenvalue weighted by Crippen LogP contribution is -2.65. The summed E-state index contributed by atoms with van der Waals surface area (Å²) in [6.07, 6.45) is 5.43. The molecule has 2 aromatic heterocycles. The first-order valence-electron chi connectivity index (χ1n) is 13.0. The van der Waals surface area contributed by atoms with Crippen molar-refractivity contribution in [2.45, 2.75) is 51.0 Å². The van der Waals surface area contributed by atoms with Gasteiger partial charge in [0.2, 0.25) is 11.7 Å². The number of pyridine rings is 1. The molecule has 36 heavy (non-hydrogen) atoms. The molecule has 0 radical (unpaired) electrons. The average molecular weight is 492 g/mol. The molecule has 2 saturated heterocycles. The first-order chi connectivity index (χ1) is 17.3. The van der Waals surface area contributed by atoms with E-state index in [0.29, 0.717) is 42.8 Å². The third kappa shape index (κ3) is 4.47. The fraction of sp³-hybridized carbons (Fsp3) is 0.536. The number of hydrogen-bond acceptors (Lipinski definition) is 8. The SMILES string of the molecule is CC(C)c1ccc([C@](O)(c2cncc(-c3noc(C4CCNCC4)n3)c2)C2(C)CN(CCO)C2)cc1. The van der Waals surface area contributed by atoms with Crippen LogP contribution in [0.3, 0.4) is 0 Å². The molecule has 1 aromatic carbocycles. The number of likely N-dealkylation sites (tertiary alicyclic amines) is 1. The van der Waals surface area contributed by atoms with Crippen molar-refractivity contribution in [2.75, 3.05) is 39.3 Å². The van der Waals surface area contributed by atoms with Gasteiger partial charge in [-0.15, -0.1) is 0 Å². The van der Waals surface area contributed by atoms with E-state index in [9.17, 15) is 10.2 Å². The van der Waals surface area contributed by atoms with Gasteiger partial charge in [0.15, 0.2) is 0 Å². The van der Waals surface area contributed by atoms with Crippen molar-refractivity contribution in [3.8, 4) is 11.4 Å². The Bertz CT molecular complexity index is 1170. The van der Waals surface area contributed by atoms with Crippen molar-refractivity contribution in [1.29, 1.82) is 0 Å². The van der Waals surface area contributed by atoms with Crippen LogP contribution < -0.4 is 5.32 Å². The van der Waals surface area contributed by atoms with Gasteiger partial charge in [0.1, 0.15) is 5.60 Å². The van der Waals surface area contributed by atoms with Crippen LogP contribution in [0.5, 0.6) is 0 Å². The molecule has 1 atom stereocenters. The van der Waals surface area contributed by atoms with Gasteiger partial charge in [0.25, 0.3) is 0 Å². The number of nitrogens with zero attached hydrogens (tertiary/aromatic N) is 4. The molecule has 0 aliphatic carbocycles. The predicted octanol–water partition coefficient (Wildman–Crippen LogP) is 3.27. The summed E-state index contributed by atoms with van der Waals surface area (Å²) in [5.74, 6) is 1.84. The van der Waals surface area contributed by atoms with Gasteiger partial charge in [-0.05, 0) is 49.0 Å². The highest BCUT2D eigenvalue weighted by molar-refractivity contribution is 5.56. The number of hydrogen-bond donors (Lipinski definition) is 3. The van der Waals surface area contributed by atoms with E-state index in [1.807, 2.05) is 18.2 Å². The molecule has 0 saturated carbocycles. The molecule has 8 heteroatoms. The number of aromatic nitrogens is 3. The maximum atomic E-state index is 12.5. The molecule has 3 N–H and O–H groups in total. The highest BCUT2D eigenvalue weighted by Gasteiger charge is 2.56. The summed E-state index contributed by atoms with van der Waals surface area (Å²) in [5, 5.41) is 29.6. The Morgan fingerprint density at radius 3 is 2.53 bits per heavy atom. The molecule has 0 amide bonds. The molecule has 0 spiro atoms. The van der Waals surface area contributed by atoms with Crippen LogP contribution >= 0.6 is 0 Å². The molecule has 4 heterocycles. The predicted molar refractivity (Wildman–Crippen MR) is 138 cm³/mol. The topological polar surface area (TPSA) is 108 Å². The summed E-state index contributed by atoms with van der Waals surface area (Å²) in [6.45, 7) is 10.4. The number of benzene rings is 1. The summed E-state index contributed by atoms with van der Waals surface area (Å²) in [6, 6.07) is 10.2. The first-order valence-corrected chi connectivity index (χ1v) is 13.0. The van der Waals surface area contributed by atoms with Gasteiger partial charge >= 0.3 is 0 Å². The molecule has 0 bridgehead atoms. The van der Waals surface area contributed by atoms with E-state index >= 15 is 0 Å². The highest BCUT2D eigenvalue weighted by Crippen LogP contribution is 2.50. The Morgan fingerprint density at radius 2 is 1.86 bits per heavy atom. The van der Waals surface area contributed by atoms with Crippen LogP contribution in [-0.4, -0.2) is 69.6 Å². The molecule has 0 unspecified atom stereocenters. The number of rotatable bonds is 8. The lowest BCUT2D eigenvalue weighted by molar-refractivity contribution is -0.137. The van der Waals surface area contributed by atoms with E-state index < -0.39 is 11.0 Å². The van der Waals surface area contributed by atoms with Crippen molar-refractivity contribution in [1.82, 2.24) is 25.3 Å². The minimum atomic E-state index is -1.28. The molecule has 2 aliphatic rings. The Morgan fingerprint density at radius 1 is 1.14 bits per heavy atom. The fourth-order valence-electron chi connectivity index (χ4n) is 5.79. The lowest BCUT2D eigenvalue weighted by atomic mass is 9.62. The second-order valence-electron chi connectivity index (χ2n) is 10.9. The zero-order valence-electron chi connectivity index (χ0n) is 21.4. The zero-order chi connectivity index (χ0) is 25.3. The van der Waals surface area contributed by atoms with Crippen LogP contribution in [0.15, 0.2) is 47.2 Å². The van der Waals surface area contributed by atoms with Gasteiger partial charge in [-0.25, -0.2) is 0 Å². The number of β-amino-alcohol motifs (C(OH)–C–C–N with tert-alkyl or cyclic N) is 1. The van der Waals surface area contributed by atoms with Crippen molar-refractivity contribution >= 4 is 0 Å². The quantitative estimate of drug-likeness (QED) is 0.441. The lowest BCUT2D eigenvalue weighted by Gasteiger charge is -2.56. The first kappa shape index (κ1) is 25.0. The van der Waals surface area contributed by atoms with Crippen LogP contribution in [0.1, 0.15) is 68.0 Å². The van der Waals surface area contributed by atoms with E-state index in [1.54, 1.807) is 12.4 Å². The van der Waals surface area contributed by atoms with E-state index in [4.69, 9.17) is 9.51 Å². The molecular formula is C28H37N5O3. The Balaban J connectivity index is 1.51. The summed E-state index contributed by atoms with van der Waals surface area (Å²) >= 11 is 0. The zero-order valence-corrected chi connectivity index (χ0v) is 21.4. The number of piperidine rings is 1. The number of aliphatic hydroxyl groups excluding tert-OH is 1. The van der Waals surface area contributed by atoms with Gasteiger partial charge in [-0.2, -0.15) is 4.98 Å². The van der Waals surface area contributed by atoms with Crippen LogP contribution in [0.2, 0.25) is 0 Å². The highest BCUT2D eigenvalue weighted by atomic mass is 16.5. The summed E-state index contributed by atoms with van der Waals surface area (Å²) in [5.41, 5.74) is 1.75. The third-order valence-electron chi connectivity index (χ3n) is 7.97. The van der Waals surface area contributed by atoms with Crippen LogP contribution in [0.25, 0.3) is 11.4 Å². The van der Waals surface area contributed by atoms with Crippen molar-refractivity contribution in [2.24, 2.45) is 5.41 Å². The average Bonchev–Trinajstić information content (AvgIpc) is 3.38. The van der Waals surface area contributed by atoms with Gasteiger partial charge in [-0.3, -0.25) is 9.88 Å². The summed E-state index contributed by atoms with van der Waals surface area (Å²) in [4.78, 5) is 11.4. The van der Waals surface area contributed by atoms with Crippen LogP contribution in [0.4, 0.5) is 0 Å². The normalized spacial score (nSPS) is 20.3. The second-order valence-corrected chi connectivity index (χ2v) is 10.9. The minimum absolute atomic E-state index is 0.103. The van der Waals surface area contributed by atoms with E-state index in [-0.39, 0.29) is 12.5 Å². The Hall–Kier alpha value is -2.65. The maximum absolute atomic E-state index is 12.5. The molecule has 8 nitrogen and oxygen atoms in total. The van der Waals surface area contributed by atoms with E-state index in [2.05, 4.69) is 53.3 Å². The Labute approximate surface area is 212 Å². The molecule has 5 rings (SSSR count). The number of nitrogens with one attached hydrogen (secondary N) is 1. The largest absolute Gasteiger partial charge is 0.395 e. The number of aliphatic hydroxyl groups is 2. The van der Waals surface area contributed by atoms with E-state index in [1.165, 1.54) is 5.56 Å². The van der Waals surface area contributed by atoms with E-state index in [0.717, 1.165) is 37.1 Å². The molecular weight excluding hydrogens is 454 g/mol. The van der Waals surface area contributed by atoms with Crippen molar-refractivity contribution in [3.05, 3.63) is 65.3 Å². The van der Waals surface area contributed by atoms with Gasteiger partial charge < -0.3 is 20.1 Å². The summed E-state index contributed by atoms with van der Waals surface area (Å²) in [7, 11) is 0. The van der Waals surface area contributed by atoms with Gasteiger partial charge in [0.05, 0.1) is 6.61 Å². The summed E-state index contributed by atoms with van der Waals surface area (Å²) < 4.78 is 5.64. The van der Waals surface area contributed by atoms with Crippen LogP contribution in [0, 0.1) is 5.41 Å². The smallest absolute Gasteiger partial charge is 0.230 e. The van der Waals surface area contributed by atoms with Crippen LogP contribution in [-0.2, 0) is 5.60 Å². The van der Waals surface area contributed by atoms with Crippen molar-refractivity contribution in [3.63, 3.8) is 0 Å². The van der Waals surface area contributed by atoms with Gasteiger partial charge in [0, 0.05) is 54.5 Å². The monoisotopic (exact) mass is 491 g/mol. The second kappa shape index (κ2) is 10.0. The molecule has 192 valence electrons.